The highest BCUT2D eigenvalue weighted by Crippen LogP contribution is 2.24. The lowest BCUT2D eigenvalue weighted by Crippen LogP contribution is -2.30. The zero-order valence-corrected chi connectivity index (χ0v) is 7.88. The summed E-state index contributed by atoms with van der Waals surface area (Å²) in [5.74, 6) is -0.516. The van der Waals surface area contributed by atoms with Gasteiger partial charge in [-0.3, -0.25) is 0 Å². The molecule has 0 spiro atoms. The topological polar surface area (TPSA) is 63.8 Å². The molecule has 1 aromatic rings. The van der Waals surface area contributed by atoms with Crippen LogP contribution < -0.4 is 0 Å². The Bertz CT molecular complexity index is 301. The molecule has 0 aliphatic rings. The van der Waals surface area contributed by atoms with Crippen molar-refractivity contribution in [2.24, 2.45) is 7.05 Å². The first-order chi connectivity index (χ1) is 6.41. The number of aromatic nitrogens is 4. The number of hydrogen-bond acceptors (Lipinski definition) is 5. The zero-order valence-electron chi connectivity index (χ0n) is 7.06. The molecule has 9 heteroatoms. The van der Waals surface area contributed by atoms with Crippen molar-refractivity contribution in [1.82, 2.24) is 20.2 Å². The molecule has 0 radical (unpaired) electrons. The van der Waals surface area contributed by atoms with E-state index in [0.717, 1.165) is 11.8 Å². The second kappa shape index (κ2) is 4.13. The Labute approximate surface area is 81.3 Å². The monoisotopic (exact) mass is 228 g/mol. The van der Waals surface area contributed by atoms with Crippen LogP contribution in [0.3, 0.4) is 0 Å². The van der Waals surface area contributed by atoms with Gasteiger partial charge in [-0.05, 0) is 10.4 Å². The smallest absolute Gasteiger partial charge is 0.383 e. The Hall–Kier alpha value is -0.830. The first-order valence-corrected chi connectivity index (χ1v) is 4.49. The normalized spacial score (nSPS) is 14.4. The van der Waals surface area contributed by atoms with Gasteiger partial charge in [0.25, 0.3) is 0 Å². The summed E-state index contributed by atoms with van der Waals surface area (Å²) in [6.07, 6.45) is -6.96. The molecule has 80 valence electrons. The van der Waals surface area contributed by atoms with E-state index < -0.39 is 18.0 Å². The van der Waals surface area contributed by atoms with Crippen LogP contribution in [-0.4, -0.2) is 43.3 Å². The third kappa shape index (κ3) is 2.84. The third-order valence-corrected chi connectivity index (χ3v) is 2.42. The van der Waals surface area contributed by atoms with Gasteiger partial charge >= 0.3 is 6.18 Å². The average Bonchev–Trinajstić information content (AvgIpc) is 2.45. The Kier molecular flexibility index (Phi) is 3.32. The van der Waals surface area contributed by atoms with E-state index in [1.807, 2.05) is 0 Å². The van der Waals surface area contributed by atoms with Gasteiger partial charge in [0.1, 0.15) is 0 Å². The maximum Gasteiger partial charge on any atom is 0.415 e. The predicted octanol–water partition coefficient (Wildman–Crippen LogP) is 0.225. The quantitative estimate of drug-likeness (QED) is 0.750. The summed E-state index contributed by atoms with van der Waals surface area (Å²) in [7, 11) is 1.50. The summed E-state index contributed by atoms with van der Waals surface area (Å²) in [6.45, 7) is 0. The van der Waals surface area contributed by atoms with E-state index in [-0.39, 0.29) is 5.16 Å². The van der Waals surface area contributed by atoms with Crippen LogP contribution in [0.25, 0.3) is 0 Å². The lowest BCUT2D eigenvalue weighted by molar-refractivity contribution is -0.195. The van der Waals surface area contributed by atoms with Gasteiger partial charge in [-0.1, -0.05) is 11.8 Å². The largest absolute Gasteiger partial charge is 0.415 e. The van der Waals surface area contributed by atoms with Crippen molar-refractivity contribution in [2.45, 2.75) is 17.4 Å². The molecule has 0 aromatic carbocycles. The minimum Gasteiger partial charge on any atom is -0.383 e. The molecule has 0 saturated carbocycles. The molecular weight excluding hydrogens is 221 g/mol. The summed E-state index contributed by atoms with van der Waals surface area (Å²) in [6, 6.07) is 0. The molecule has 0 bridgehead atoms. The number of nitrogens with zero attached hydrogens (tertiary/aromatic N) is 4. The molecule has 1 N–H and O–H groups in total. The fraction of sp³-hybridized carbons (Fsp3) is 0.800. The van der Waals surface area contributed by atoms with Crippen LogP contribution in [0.5, 0.6) is 0 Å². The summed E-state index contributed by atoms with van der Waals surface area (Å²) in [5, 5.41) is 19.0. The van der Waals surface area contributed by atoms with Gasteiger partial charge in [0.05, 0.1) is 0 Å². The first-order valence-electron chi connectivity index (χ1n) is 3.51. The van der Waals surface area contributed by atoms with Crippen LogP contribution in [0.4, 0.5) is 13.2 Å². The minimum atomic E-state index is -4.60. The average molecular weight is 228 g/mol. The molecule has 0 aliphatic heterocycles. The van der Waals surface area contributed by atoms with Crippen LogP contribution in [0, 0.1) is 0 Å². The Morgan fingerprint density at radius 1 is 1.57 bits per heavy atom. The lowest BCUT2D eigenvalue weighted by Gasteiger charge is -2.12. The van der Waals surface area contributed by atoms with E-state index in [9.17, 15) is 13.2 Å². The highest BCUT2D eigenvalue weighted by molar-refractivity contribution is 7.99. The molecule has 1 rings (SSSR count). The Morgan fingerprint density at radius 2 is 2.21 bits per heavy atom. The highest BCUT2D eigenvalue weighted by atomic mass is 32.2. The van der Waals surface area contributed by atoms with Gasteiger partial charge in [0.15, 0.2) is 6.10 Å². The number of aliphatic hydroxyl groups is 1. The minimum absolute atomic E-state index is 0.230. The second-order valence-electron chi connectivity index (χ2n) is 2.45. The maximum absolute atomic E-state index is 11.9. The van der Waals surface area contributed by atoms with Gasteiger partial charge in [-0.2, -0.15) is 13.2 Å². The molecule has 5 nitrogen and oxygen atoms in total. The van der Waals surface area contributed by atoms with Gasteiger partial charge in [0.2, 0.25) is 5.16 Å². The summed E-state index contributed by atoms with van der Waals surface area (Å²) < 4.78 is 36.8. The molecule has 0 amide bonds. The van der Waals surface area contributed by atoms with E-state index in [4.69, 9.17) is 5.11 Å². The van der Waals surface area contributed by atoms with Crippen molar-refractivity contribution in [3.63, 3.8) is 0 Å². The number of rotatable bonds is 3. The van der Waals surface area contributed by atoms with Crippen LogP contribution >= 0.6 is 11.8 Å². The molecule has 14 heavy (non-hydrogen) atoms. The number of halogens is 3. The van der Waals surface area contributed by atoms with Crippen molar-refractivity contribution in [2.75, 3.05) is 5.75 Å². The molecule has 1 heterocycles. The summed E-state index contributed by atoms with van der Waals surface area (Å²) >= 11 is 0.746. The fourth-order valence-electron chi connectivity index (χ4n) is 0.591. The highest BCUT2D eigenvalue weighted by Gasteiger charge is 2.38. The van der Waals surface area contributed by atoms with Gasteiger partial charge < -0.3 is 5.11 Å². The molecular formula is C5H7F3N4OS. The van der Waals surface area contributed by atoms with Crippen molar-refractivity contribution in [1.29, 1.82) is 0 Å². The second-order valence-corrected chi connectivity index (χ2v) is 3.44. The standard InChI is InChI=1S/C5H7F3N4OS/c1-12-4(9-10-11-12)14-2-3(13)5(6,7)8/h3,13H,2H2,1H3. The molecule has 0 aliphatic carbocycles. The number of alkyl halides is 3. The number of tetrazole rings is 1. The molecule has 0 fully saturated rings. The Morgan fingerprint density at radius 3 is 2.64 bits per heavy atom. The fourth-order valence-corrected chi connectivity index (χ4v) is 1.41. The van der Waals surface area contributed by atoms with Gasteiger partial charge in [-0.25, -0.2) is 4.68 Å². The third-order valence-electron chi connectivity index (χ3n) is 1.33. The van der Waals surface area contributed by atoms with Crippen molar-refractivity contribution in [3.05, 3.63) is 0 Å². The molecule has 0 saturated heterocycles. The van der Waals surface area contributed by atoms with Gasteiger partial charge in [0, 0.05) is 12.8 Å². The number of thioether (sulfide) groups is 1. The van der Waals surface area contributed by atoms with Crippen molar-refractivity contribution < 1.29 is 18.3 Å². The van der Waals surface area contributed by atoms with Crippen LogP contribution in [0.1, 0.15) is 0 Å². The van der Waals surface area contributed by atoms with E-state index >= 15 is 0 Å². The van der Waals surface area contributed by atoms with Crippen molar-refractivity contribution >= 4 is 11.8 Å². The van der Waals surface area contributed by atoms with Gasteiger partial charge in [-0.15, -0.1) is 5.10 Å². The Balaban J connectivity index is 2.46. The van der Waals surface area contributed by atoms with E-state index in [0.29, 0.717) is 0 Å². The summed E-state index contributed by atoms with van der Waals surface area (Å²) in [5.41, 5.74) is 0. The number of aryl methyl sites for hydroxylation is 1. The molecule has 1 unspecified atom stereocenters. The molecule has 1 aromatic heterocycles. The van der Waals surface area contributed by atoms with E-state index in [2.05, 4.69) is 15.5 Å². The van der Waals surface area contributed by atoms with Crippen LogP contribution in [-0.2, 0) is 7.05 Å². The molecule has 1 atom stereocenters. The van der Waals surface area contributed by atoms with Crippen LogP contribution in [0.15, 0.2) is 5.16 Å². The van der Waals surface area contributed by atoms with E-state index in [1.54, 1.807) is 0 Å². The maximum atomic E-state index is 11.9. The van der Waals surface area contributed by atoms with Crippen molar-refractivity contribution in [3.8, 4) is 0 Å². The van der Waals surface area contributed by atoms with E-state index in [1.165, 1.54) is 11.7 Å². The summed E-state index contributed by atoms with van der Waals surface area (Å²) in [4.78, 5) is 0. The number of hydrogen-bond donors (Lipinski definition) is 1. The SMILES string of the molecule is Cn1nnnc1SCC(O)C(F)(F)F. The van der Waals surface area contributed by atoms with Crippen LogP contribution in [0.2, 0.25) is 0 Å². The lowest BCUT2D eigenvalue weighted by atomic mass is 10.4. The predicted molar refractivity (Wildman–Crippen MR) is 41.6 cm³/mol. The zero-order chi connectivity index (χ0) is 10.8. The number of aliphatic hydroxyl groups excluding tert-OH is 1. The first kappa shape index (κ1) is 11.2.